The van der Waals surface area contributed by atoms with Gasteiger partial charge in [-0.1, -0.05) is 27.7 Å². The molecule has 1 rings (SSSR count). The third-order valence-electron chi connectivity index (χ3n) is 2.85. The number of rotatable bonds is 5. The highest BCUT2D eigenvalue weighted by molar-refractivity contribution is 7.89. The van der Waals surface area contributed by atoms with Gasteiger partial charge in [0.15, 0.2) is 0 Å². The summed E-state index contributed by atoms with van der Waals surface area (Å²) in [5.74, 6) is 1.19. The van der Waals surface area contributed by atoms with Gasteiger partial charge in [0.25, 0.3) is 15.2 Å². The fourth-order valence-corrected chi connectivity index (χ4v) is 2.23. The van der Waals surface area contributed by atoms with E-state index in [0.717, 1.165) is 6.42 Å². The molecule has 0 amide bonds. The summed E-state index contributed by atoms with van der Waals surface area (Å²) in [6.07, 6.45) is 0.804. The number of aromatic nitrogens is 3. The van der Waals surface area contributed by atoms with Crippen molar-refractivity contribution in [2.24, 2.45) is 11.1 Å². The van der Waals surface area contributed by atoms with Crippen molar-refractivity contribution in [1.29, 1.82) is 0 Å². The van der Waals surface area contributed by atoms with Crippen molar-refractivity contribution >= 4 is 10.0 Å². The first-order valence-corrected chi connectivity index (χ1v) is 7.29. The van der Waals surface area contributed by atoms with E-state index in [-0.39, 0.29) is 11.1 Å². The molecule has 0 aliphatic rings. The Morgan fingerprint density at radius 2 is 1.88 bits per heavy atom. The summed E-state index contributed by atoms with van der Waals surface area (Å²) in [6, 6.07) is 0. The lowest BCUT2D eigenvalue weighted by molar-refractivity contribution is 0.467. The second kappa shape index (κ2) is 5.14. The van der Waals surface area contributed by atoms with Crippen LogP contribution in [0.1, 0.15) is 45.9 Å². The molecule has 1 aromatic rings. The van der Waals surface area contributed by atoms with Crippen LogP contribution in [-0.4, -0.2) is 23.2 Å². The monoisotopic (exact) mass is 260 g/mol. The highest BCUT2D eigenvalue weighted by atomic mass is 32.2. The van der Waals surface area contributed by atoms with Crippen LogP contribution in [0.25, 0.3) is 0 Å². The van der Waals surface area contributed by atoms with Crippen LogP contribution < -0.4 is 5.14 Å². The van der Waals surface area contributed by atoms with Gasteiger partial charge in [0, 0.05) is 12.5 Å². The fraction of sp³-hybridized carbons (Fsp3) is 0.800. The highest BCUT2D eigenvalue weighted by Gasteiger charge is 2.24. The average Bonchev–Trinajstić information content (AvgIpc) is 2.60. The minimum Gasteiger partial charge on any atom is -0.301 e. The van der Waals surface area contributed by atoms with Gasteiger partial charge in [0.2, 0.25) is 0 Å². The van der Waals surface area contributed by atoms with Gasteiger partial charge < -0.3 is 4.57 Å². The average molecular weight is 260 g/mol. The summed E-state index contributed by atoms with van der Waals surface area (Å²) in [6.45, 7) is 8.66. The molecule has 17 heavy (non-hydrogen) atoms. The lowest BCUT2D eigenvalue weighted by atomic mass is 9.97. The molecule has 0 fully saturated rings. The maximum absolute atomic E-state index is 11.4. The molecule has 1 unspecified atom stereocenters. The molecule has 0 radical (unpaired) electrons. The van der Waals surface area contributed by atoms with Crippen LogP contribution in [0.5, 0.6) is 0 Å². The van der Waals surface area contributed by atoms with Crippen molar-refractivity contribution in [2.45, 2.75) is 51.7 Å². The summed E-state index contributed by atoms with van der Waals surface area (Å²) in [5.41, 5.74) is 0. The van der Waals surface area contributed by atoms with E-state index in [2.05, 4.69) is 24.0 Å². The van der Waals surface area contributed by atoms with Crippen LogP contribution in [0.2, 0.25) is 0 Å². The fourth-order valence-electron chi connectivity index (χ4n) is 1.58. The molecule has 0 spiro atoms. The maximum Gasteiger partial charge on any atom is 0.273 e. The Labute approximate surface area is 102 Å². The minimum atomic E-state index is -3.80. The van der Waals surface area contributed by atoms with Crippen LogP contribution in [-0.2, 0) is 16.6 Å². The first-order chi connectivity index (χ1) is 7.79. The highest BCUT2D eigenvalue weighted by Crippen LogP contribution is 2.23. The summed E-state index contributed by atoms with van der Waals surface area (Å²) < 4.78 is 24.4. The second-order valence-electron chi connectivity index (χ2n) is 4.57. The van der Waals surface area contributed by atoms with Crippen LogP contribution in [0.3, 0.4) is 0 Å². The Balaban J connectivity index is 3.29. The molecule has 0 aliphatic heterocycles. The van der Waals surface area contributed by atoms with Crippen molar-refractivity contribution in [1.82, 2.24) is 14.8 Å². The van der Waals surface area contributed by atoms with Gasteiger partial charge in [-0.15, -0.1) is 10.2 Å². The lowest BCUT2D eigenvalue weighted by Crippen LogP contribution is -2.20. The zero-order chi connectivity index (χ0) is 13.2. The third-order valence-corrected chi connectivity index (χ3v) is 3.67. The van der Waals surface area contributed by atoms with E-state index in [1.54, 1.807) is 4.57 Å². The standard InChI is InChI=1S/C10H20N4O2S/c1-5-6-14-9(8(4)7(2)3)12-13-10(14)17(11,15)16/h7-8H,5-6H2,1-4H3,(H2,11,15,16). The molecule has 0 aromatic carbocycles. The number of primary sulfonamides is 1. The minimum absolute atomic E-state index is 0.137. The summed E-state index contributed by atoms with van der Waals surface area (Å²) >= 11 is 0. The summed E-state index contributed by atoms with van der Waals surface area (Å²) in [4.78, 5) is 0. The van der Waals surface area contributed by atoms with Crippen LogP contribution in [0.15, 0.2) is 5.16 Å². The van der Waals surface area contributed by atoms with E-state index >= 15 is 0 Å². The molecular formula is C10H20N4O2S. The van der Waals surface area contributed by atoms with Gasteiger partial charge in [-0.3, -0.25) is 0 Å². The van der Waals surface area contributed by atoms with Crippen molar-refractivity contribution in [3.05, 3.63) is 5.82 Å². The van der Waals surface area contributed by atoms with E-state index < -0.39 is 10.0 Å². The van der Waals surface area contributed by atoms with E-state index in [1.807, 2.05) is 13.8 Å². The third kappa shape index (κ3) is 3.04. The smallest absolute Gasteiger partial charge is 0.273 e. The predicted octanol–water partition coefficient (Wildman–Crippen LogP) is 1.10. The van der Waals surface area contributed by atoms with Gasteiger partial charge >= 0.3 is 0 Å². The summed E-state index contributed by atoms with van der Waals surface area (Å²) in [7, 11) is -3.80. The number of nitrogens with two attached hydrogens (primary N) is 1. The van der Waals surface area contributed by atoms with Crippen LogP contribution in [0.4, 0.5) is 0 Å². The van der Waals surface area contributed by atoms with E-state index in [1.165, 1.54) is 0 Å². The molecule has 0 aliphatic carbocycles. The molecule has 0 bridgehead atoms. The SMILES string of the molecule is CCCn1c(C(C)C(C)C)nnc1S(N)(=O)=O. The second-order valence-corrected chi connectivity index (χ2v) is 6.03. The molecule has 6 nitrogen and oxygen atoms in total. The lowest BCUT2D eigenvalue weighted by Gasteiger charge is -2.16. The molecule has 1 aromatic heterocycles. The Morgan fingerprint density at radius 1 is 1.29 bits per heavy atom. The predicted molar refractivity (Wildman–Crippen MR) is 64.9 cm³/mol. The number of nitrogens with zero attached hydrogens (tertiary/aromatic N) is 3. The molecule has 7 heteroatoms. The molecule has 1 atom stereocenters. The topological polar surface area (TPSA) is 90.9 Å². The Bertz CT molecular complexity index is 478. The van der Waals surface area contributed by atoms with E-state index in [9.17, 15) is 8.42 Å². The van der Waals surface area contributed by atoms with Gasteiger partial charge in [-0.2, -0.15) is 0 Å². The van der Waals surface area contributed by atoms with Crippen molar-refractivity contribution in [3.8, 4) is 0 Å². The van der Waals surface area contributed by atoms with Crippen molar-refractivity contribution in [2.75, 3.05) is 0 Å². The van der Waals surface area contributed by atoms with Crippen LogP contribution >= 0.6 is 0 Å². The largest absolute Gasteiger partial charge is 0.301 e. The molecule has 2 N–H and O–H groups in total. The molecule has 0 saturated carbocycles. The first-order valence-electron chi connectivity index (χ1n) is 5.74. The van der Waals surface area contributed by atoms with E-state index in [0.29, 0.717) is 18.3 Å². The number of hydrogen-bond donors (Lipinski definition) is 1. The first kappa shape index (κ1) is 14.1. The molecule has 1 heterocycles. The maximum atomic E-state index is 11.4. The van der Waals surface area contributed by atoms with Gasteiger partial charge in [0.1, 0.15) is 5.82 Å². The zero-order valence-electron chi connectivity index (χ0n) is 10.7. The Hall–Kier alpha value is -0.950. The Morgan fingerprint density at radius 3 is 2.29 bits per heavy atom. The summed E-state index contributed by atoms with van der Waals surface area (Å²) in [5, 5.41) is 12.7. The van der Waals surface area contributed by atoms with Gasteiger partial charge in [0.05, 0.1) is 0 Å². The quantitative estimate of drug-likeness (QED) is 0.858. The molecule has 98 valence electrons. The van der Waals surface area contributed by atoms with Crippen LogP contribution in [0, 0.1) is 5.92 Å². The zero-order valence-corrected chi connectivity index (χ0v) is 11.5. The normalized spacial score (nSPS) is 14.2. The number of sulfonamides is 1. The van der Waals surface area contributed by atoms with Crippen molar-refractivity contribution < 1.29 is 8.42 Å². The van der Waals surface area contributed by atoms with Crippen molar-refractivity contribution in [3.63, 3.8) is 0 Å². The van der Waals surface area contributed by atoms with E-state index in [4.69, 9.17) is 5.14 Å². The number of hydrogen-bond acceptors (Lipinski definition) is 4. The molecular weight excluding hydrogens is 240 g/mol. The van der Waals surface area contributed by atoms with Gasteiger partial charge in [-0.25, -0.2) is 13.6 Å². The molecule has 0 saturated heterocycles. The Kier molecular flexibility index (Phi) is 4.26. The van der Waals surface area contributed by atoms with Gasteiger partial charge in [-0.05, 0) is 12.3 Å².